The van der Waals surface area contributed by atoms with Gasteiger partial charge in [0, 0.05) is 10.6 Å². The Morgan fingerprint density at radius 3 is 1.35 bits per heavy atom. The molecular formula is C18H22ClMgO2P. The van der Waals surface area contributed by atoms with E-state index in [2.05, 4.69) is 13.8 Å². The number of rotatable bonds is 6. The summed E-state index contributed by atoms with van der Waals surface area (Å²) in [5.74, 6) is 0. The fraction of sp³-hybridized carbons (Fsp3) is 0.333. The molecule has 0 saturated carbocycles. The Morgan fingerprint density at radius 1 is 0.783 bits per heavy atom. The van der Waals surface area contributed by atoms with Crippen LogP contribution in [-0.2, 0) is 17.4 Å². The van der Waals surface area contributed by atoms with Gasteiger partial charge in [0.25, 0.3) is 0 Å². The van der Waals surface area contributed by atoms with Crippen molar-refractivity contribution in [3.63, 3.8) is 0 Å². The zero-order chi connectivity index (χ0) is 15.3. The van der Waals surface area contributed by atoms with E-state index >= 15 is 0 Å². The van der Waals surface area contributed by atoms with Crippen molar-refractivity contribution in [1.82, 2.24) is 0 Å². The van der Waals surface area contributed by atoms with Gasteiger partial charge in [0.15, 0.2) is 0 Å². The zero-order valence-corrected chi connectivity index (χ0v) is 16.9. The molecule has 0 spiro atoms. The summed E-state index contributed by atoms with van der Waals surface area (Å²) in [4.78, 5) is 12.6. The van der Waals surface area contributed by atoms with Gasteiger partial charge in [0.1, 0.15) is 0 Å². The molecule has 0 atom stereocenters. The third-order valence-electron chi connectivity index (χ3n) is 3.63. The summed E-state index contributed by atoms with van der Waals surface area (Å²) in [7, 11) is -3.72. The van der Waals surface area contributed by atoms with Crippen LogP contribution in [0.25, 0.3) is 0 Å². The van der Waals surface area contributed by atoms with Crippen molar-refractivity contribution in [1.29, 1.82) is 0 Å². The summed E-state index contributed by atoms with van der Waals surface area (Å²) in [6, 6.07) is 14.5. The molecule has 0 heterocycles. The third kappa shape index (κ3) is 5.92. The van der Waals surface area contributed by atoms with Crippen molar-refractivity contribution in [3.05, 3.63) is 59.7 Å². The molecule has 2 nitrogen and oxygen atoms in total. The second-order valence-corrected chi connectivity index (χ2v) is 7.52. The summed E-state index contributed by atoms with van der Waals surface area (Å²) < 4.78 is 12.6. The van der Waals surface area contributed by atoms with Crippen LogP contribution in [0.1, 0.15) is 37.8 Å². The summed E-state index contributed by atoms with van der Waals surface area (Å²) >= 11 is 0. The molecule has 23 heavy (non-hydrogen) atoms. The molecule has 0 aliphatic heterocycles. The molecule has 0 unspecified atom stereocenters. The van der Waals surface area contributed by atoms with Crippen LogP contribution in [0.2, 0.25) is 0 Å². The Bertz CT molecular complexity index is 573. The van der Waals surface area contributed by atoms with E-state index in [4.69, 9.17) is 0 Å². The third-order valence-corrected chi connectivity index (χ3v) is 5.59. The summed E-state index contributed by atoms with van der Waals surface area (Å²) in [5.41, 5.74) is 2.36. The van der Waals surface area contributed by atoms with Crippen LogP contribution < -0.4 is 27.9 Å². The van der Waals surface area contributed by atoms with Gasteiger partial charge < -0.3 is 21.9 Å². The van der Waals surface area contributed by atoms with Crippen molar-refractivity contribution in [2.45, 2.75) is 39.5 Å². The fourth-order valence-corrected chi connectivity index (χ4v) is 3.83. The predicted molar refractivity (Wildman–Crippen MR) is 93.5 cm³/mol. The molecule has 2 aromatic rings. The van der Waals surface area contributed by atoms with Gasteiger partial charge in [-0.25, -0.2) is 0 Å². The van der Waals surface area contributed by atoms with Crippen LogP contribution in [0.5, 0.6) is 0 Å². The number of benzene rings is 2. The Hall–Kier alpha value is -0.314. The molecule has 0 aromatic heterocycles. The van der Waals surface area contributed by atoms with Crippen LogP contribution in [0.4, 0.5) is 0 Å². The minimum atomic E-state index is -3.72. The number of hydrogen-bond donors (Lipinski definition) is 0. The van der Waals surface area contributed by atoms with E-state index < -0.39 is 7.37 Å². The molecule has 0 bridgehead atoms. The molecule has 5 heteroatoms. The standard InChI is InChI=1S/C18H23O2P.ClH.Mg/c1-3-5-15-7-11-17(12-8-15)21(19,20)18-13-9-16(6-4-2)10-14-18;;/h7-14H,3-6H2,1-2H3,(H,19,20);1H;/q;;+2/p-2. The largest absolute Gasteiger partial charge is 2.00 e. The molecule has 120 valence electrons. The minimum Gasteiger partial charge on any atom is -1.00 e. The molecule has 0 fully saturated rings. The Labute approximate surface area is 161 Å². The molecule has 0 aliphatic carbocycles. The van der Waals surface area contributed by atoms with Crippen LogP contribution in [-0.4, -0.2) is 23.1 Å². The molecule has 0 amide bonds. The van der Waals surface area contributed by atoms with Gasteiger partial charge in [-0.05, 0) is 24.0 Å². The first kappa shape index (κ1) is 22.7. The molecule has 0 aliphatic rings. The van der Waals surface area contributed by atoms with E-state index in [9.17, 15) is 9.46 Å². The van der Waals surface area contributed by atoms with Crippen molar-refractivity contribution < 1.29 is 21.9 Å². The maximum Gasteiger partial charge on any atom is 2.00 e. The van der Waals surface area contributed by atoms with Gasteiger partial charge in [0.05, 0.1) is 7.37 Å². The Morgan fingerprint density at radius 2 is 1.09 bits per heavy atom. The van der Waals surface area contributed by atoms with E-state index in [1.165, 1.54) is 11.1 Å². The zero-order valence-electron chi connectivity index (χ0n) is 13.8. The summed E-state index contributed by atoms with van der Waals surface area (Å²) in [6.07, 6.45) is 4.09. The van der Waals surface area contributed by atoms with Gasteiger partial charge in [-0.1, -0.05) is 75.2 Å². The van der Waals surface area contributed by atoms with Gasteiger partial charge in [-0.15, -0.1) is 0 Å². The van der Waals surface area contributed by atoms with Crippen LogP contribution in [0.15, 0.2) is 48.5 Å². The SMILES string of the molecule is CCCc1ccc(P(=O)([O-])c2ccc(CCC)cc2)cc1.[Cl-].[Mg+2]. The number of hydrogen-bond acceptors (Lipinski definition) is 2. The molecular weight excluding hydrogens is 339 g/mol. The summed E-state index contributed by atoms with van der Waals surface area (Å²) in [6.45, 7) is 4.23. The van der Waals surface area contributed by atoms with E-state index in [0.717, 1.165) is 25.7 Å². The van der Waals surface area contributed by atoms with Gasteiger partial charge >= 0.3 is 23.1 Å². The second kappa shape index (κ2) is 10.5. The van der Waals surface area contributed by atoms with E-state index in [1.807, 2.05) is 24.3 Å². The molecule has 0 N–H and O–H groups in total. The smallest absolute Gasteiger partial charge is 1.00 e. The number of aryl methyl sites for hydroxylation is 2. The first-order valence-electron chi connectivity index (χ1n) is 7.58. The van der Waals surface area contributed by atoms with Crippen molar-refractivity contribution >= 4 is 41.0 Å². The van der Waals surface area contributed by atoms with Crippen LogP contribution in [0.3, 0.4) is 0 Å². The fourth-order valence-electron chi connectivity index (χ4n) is 2.44. The summed E-state index contributed by atoms with van der Waals surface area (Å²) in [5, 5.41) is 0.788. The molecule has 2 rings (SSSR count). The molecule has 2 aromatic carbocycles. The number of halogens is 1. The van der Waals surface area contributed by atoms with E-state index in [-0.39, 0.29) is 35.5 Å². The Balaban J connectivity index is 0.00000242. The second-order valence-electron chi connectivity index (χ2n) is 5.38. The van der Waals surface area contributed by atoms with Crippen molar-refractivity contribution in [2.24, 2.45) is 0 Å². The van der Waals surface area contributed by atoms with Gasteiger partial charge in [-0.2, -0.15) is 0 Å². The normalized spacial score (nSPS) is 10.6. The Kier molecular flexibility index (Phi) is 10.4. The average Bonchev–Trinajstić information content (AvgIpc) is 2.49. The van der Waals surface area contributed by atoms with Crippen molar-refractivity contribution in [3.8, 4) is 0 Å². The van der Waals surface area contributed by atoms with Crippen LogP contribution in [0, 0.1) is 0 Å². The van der Waals surface area contributed by atoms with Gasteiger partial charge in [0.2, 0.25) is 0 Å². The van der Waals surface area contributed by atoms with Crippen molar-refractivity contribution in [2.75, 3.05) is 0 Å². The first-order valence-corrected chi connectivity index (χ1v) is 9.20. The average molecular weight is 361 g/mol. The molecule has 0 radical (unpaired) electrons. The van der Waals surface area contributed by atoms with E-state index in [0.29, 0.717) is 10.6 Å². The quantitative estimate of drug-likeness (QED) is 0.529. The predicted octanol–water partition coefficient (Wildman–Crippen LogP) is -0.196. The van der Waals surface area contributed by atoms with Crippen LogP contribution >= 0.6 is 7.37 Å². The molecule has 0 saturated heterocycles. The maximum atomic E-state index is 12.6. The monoisotopic (exact) mass is 360 g/mol. The maximum absolute atomic E-state index is 12.6. The topological polar surface area (TPSA) is 40.1 Å². The van der Waals surface area contributed by atoms with Gasteiger partial charge in [-0.3, -0.25) is 0 Å². The minimum absolute atomic E-state index is 0. The van der Waals surface area contributed by atoms with E-state index in [1.54, 1.807) is 24.3 Å². The first-order chi connectivity index (χ1) is 10.1.